The summed E-state index contributed by atoms with van der Waals surface area (Å²) < 4.78 is 9.56. The number of rotatable bonds is 2. The van der Waals surface area contributed by atoms with E-state index in [2.05, 4.69) is 0 Å². The van der Waals surface area contributed by atoms with E-state index in [1.807, 2.05) is 0 Å². The molecule has 7 heavy (non-hydrogen) atoms. The Labute approximate surface area is 45.7 Å². The largest absolute Gasteiger partial charge is 0.398 e. The van der Waals surface area contributed by atoms with Gasteiger partial charge in [-0.3, -0.25) is 0 Å². The topological polar surface area (TPSA) is 18.5 Å². The maximum Gasteiger partial charge on any atom is 0.337 e. The Balaban J connectivity index is 3.36. The standard InChI is InChI=1S/C4H10O2Si/c1-5-7(3,4)6-2/h3H,1-2,4H3. The number of hydrogen-bond acceptors (Lipinski definition) is 2. The summed E-state index contributed by atoms with van der Waals surface area (Å²) in [6, 6.07) is 0. The van der Waals surface area contributed by atoms with Crippen LogP contribution in [0.25, 0.3) is 0 Å². The molecule has 0 N–H and O–H groups in total. The predicted molar refractivity (Wildman–Crippen MR) is 29.9 cm³/mol. The molecule has 0 amide bonds. The predicted octanol–water partition coefficient (Wildman–Crippen LogP) is 0.601. The van der Waals surface area contributed by atoms with Gasteiger partial charge in [0.25, 0.3) is 0 Å². The van der Waals surface area contributed by atoms with Gasteiger partial charge in [-0.1, -0.05) is 0 Å². The van der Waals surface area contributed by atoms with Crippen LogP contribution in [0.4, 0.5) is 0 Å². The lowest BCUT2D eigenvalue weighted by Crippen LogP contribution is -2.32. The van der Waals surface area contributed by atoms with Crippen molar-refractivity contribution in [3.63, 3.8) is 0 Å². The molecule has 2 radical (unpaired) electrons. The molecule has 2 nitrogen and oxygen atoms in total. The zero-order chi connectivity index (χ0) is 5.91. The van der Waals surface area contributed by atoms with Gasteiger partial charge in [0.05, 0.1) is 0 Å². The molecule has 0 aromatic carbocycles. The lowest BCUT2D eigenvalue weighted by Gasteiger charge is -2.15. The molecule has 0 aliphatic rings. The zero-order valence-corrected chi connectivity index (χ0v) is 5.89. The van der Waals surface area contributed by atoms with Crippen molar-refractivity contribution in [1.82, 2.24) is 0 Å². The third-order valence-corrected chi connectivity index (χ3v) is 2.43. The van der Waals surface area contributed by atoms with Gasteiger partial charge in [0.15, 0.2) is 0 Å². The zero-order valence-electron chi connectivity index (χ0n) is 4.89. The summed E-state index contributed by atoms with van der Waals surface area (Å²) in [6.07, 6.45) is 0. The maximum absolute atomic E-state index is 5.41. The van der Waals surface area contributed by atoms with E-state index in [0.717, 1.165) is 0 Å². The minimum Gasteiger partial charge on any atom is -0.398 e. The van der Waals surface area contributed by atoms with Gasteiger partial charge in [0.2, 0.25) is 0 Å². The first-order chi connectivity index (χ1) is 3.12. The molecular weight excluding hydrogens is 108 g/mol. The Hall–Kier alpha value is 0.137. The molecule has 0 aliphatic heterocycles. The van der Waals surface area contributed by atoms with Gasteiger partial charge in [-0.05, 0) is 6.55 Å². The highest BCUT2D eigenvalue weighted by atomic mass is 28.4. The van der Waals surface area contributed by atoms with E-state index in [4.69, 9.17) is 15.4 Å². The quantitative estimate of drug-likeness (QED) is 0.494. The summed E-state index contributed by atoms with van der Waals surface area (Å²) in [6.45, 7) is 7.18. The van der Waals surface area contributed by atoms with E-state index in [0.29, 0.717) is 0 Å². The molecule has 42 valence electrons. The van der Waals surface area contributed by atoms with Crippen molar-refractivity contribution in [2.45, 2.75) is 6.55 Å². The summed E-state index contributed by atoms with van der Waals surface area (Å²) in [5.74, 6) is 0. The molecule has 0 aromatic rings. The van der Waals surface area contributed by atoms with Crippen molar-refractivity contribution in [2.75, 3.05) is 14.2 Å². The van der Waals surface area contributed by atoms with Gasteiger partial charge in [-0.25, -0.2) is 0 Å². The summed E-state index contributed by atoms with van der Waals surface area (Å²) in [5.41, 5.74) is 0. The Morgan fingerprint density at radius 3 is 1.57 bits per heavy atom. The smallest absolute Gasteiger partial charge is 0.337 e. The van der Waals surface area contributed by atoms with Crippen molar-refractivity contribution in [1.29, 1.82) is 0 Å². The fourth-order valence-corrected chi connectivity index (χ4v) is 0.250. The van der Waals surface area contributed by atoms with Crippen molar-refractivity contribution in [3.8, 4) is 0 Å². The Bertz CT molecular complexity index is 47.7. The van der Waals surface area contributed by atoms with Crippen LogP contribution in [-0.4, -0.2) is 22.8 Å². The third-order valence-electron chi connectivity index (χ3n) is 0.811. The second kappa shape index (κ2) is 2.45. The minimum absolute atomic E-state index is 1.55. The van der Waals surface area contributed by atoms with E-state index in [1.54, 1.807) is 20.8 Å². The minimum atomic E-state index is -2.15. The molecule has 3 heteroatoms. The summed E-state index contributed by atoms with van der Waals surface area (Å²) in [5, 5.41) is 0. The highest BCUT2D eigenvalue weighted by Gasteiger charge is 2.19. The van der Waals surface area contributed by atoms with Gasteiger partial charge in [-0.2, -0.15) is 0 Å². The second-order valence-corrected chi connectivity index (χ2v) is 4.27. The van der Waals surface area contributed by atoms with Crippen molar-refractivity contribution >= 4 is 8.56 Å². The van der Waals surface area contributed by atoms with Crippen LogP contribution in [0.2, 0.25) is 6.55 Å². The SMILES string of the molecule is [CH][Si](C)(OC)OC. The third kappa shape index (κ3) is 2.79. The Kier molecular flexibility index (Phi) is 2.49. The highest BCUT2D eigenvalue weighted by Crippen LogP contribution is 1.98. The Morgan fingerprint density at radius 2 is 1.57 bits per heavy atom. The molecule has 0 spiro atoms. The van der Waals surface area contributed by atoms with Crippen LogP contribution in [0, 0.1) is 6.55 Å². The normalized spacial score (nSPS) is 12.0. The van der Waals surface area contributed by atoms with Gasteiger partial charge < -0.3 is 8.85 Å². The fourth-order valence-electron chi connectivity index (χ4n) is 0.0833. The molecular formula is C4H10O2Si. The molecule has 0 aromatic heterocycles. The van der Waals surface area contributed by atoms with Crippen LogP contribution in [0.5, 0.6) is 0 Å². The van der Waals surface area contributed by atoms with Crippen LogP contribution in [0.1, 0.15) is 0 Å². The van der Waals surface area contributed by atoms with Crippen LogP contribution in [0.15, 0.2) is 0 Å². The molecule has 0 unspecified atom stereocenters. The van der Waals surface area contributed by atoms with E-state index in [-0.39, 0.29) is 0 Å². The van der Waals surface area contributed by atoms with Gasteiger partial charge in [0, 0.05) is 20.8 Å². The monoisotopic (exact) mass is 118 g/mol. The van der Waals surface area contributed by atoms with Crippen molar-refractivity contribution in [3.05, 3.63) is 6.55 Å². The molecule has 0 atom stereocenters. The van der Waals surface area contributed by atoms with E-state index < -0.39 is 8.56 Å². The average molecular weight is 118 g/mol. The molecule has 0 bridgehead atoms. The van der Waals surface area contributed by atoms with Crippen LogP contribution in [0.3, 0.4) is 0 Å². The lowest BCUT2D eigenvalue weighted by atomic mass is 11.8. The summed E-state index contributed by atoms with van der Waals surface area (Å²) in [7, 11) is 0.951. The van der Waals surface area contributed by atoms with E-state index >= 15 is 0 Å². The summed E-state index contributed by atoms with van der Waals surface area (Å²) >= 11 is 0. The average Bonchev–Trinajstić information content (AvgIpc) is 1.68. The van der Waals surface area contributed by atoms with Gasteiger partial charge >= 0.3 is 8.56 Å². The first-order valence-electron chi connectivity index (χ1n) is 2.01. The van der Waals surface area contributed by atoms with E-state index in [9.17, 15) is 0 Å². The van der Waals surface area contributed by atoms with Crippen molar-refractivity contribution in [2.24, 2.45) is 0 Å². The van der Waals surface area contributed by atoms with Gasteiger partial charge in [-0.15, -0.1) is 0 Å². The van der Waals surface area contributed by atoms with Crippen LogP contribution < -0.4 is 0 Å². The maximum atomic E-state index is 5.41. The van der Waals surface area contributed by atoms with E-state index in [1.165, 1.54) is 0 Å². The van der Waals surface area contributed by atoms with Crippen LogP contribution >= 0.6 is 0 Å². The molecule has 0 aliphatic carbocycles. The first-order valence-corrected chi connectivity index (χ1v) is 4.41. The van der Waals surface area contributed by atoms with Gasteiger partial charge in [0.1, 0.15) is 0 Å². The molecule has 0 saturated heterocycles. The number of hydrogen-bond donors (Lipinski definition) is 0. The van der Waals surface area contributed by atoms with Crippen LogP contribution in [-0.2, 0) is 8.85 Å². The first kappa shape index (κ1) is 7.14. The molecule has 0 rings (SSSR count). The summed E-state index contributed by atoms with van der Waals surface area (Å²) in [4.78, 5) is 0. The highest BCUT2D eigenvalue weighted by molar-refractivity contribution is 6.67. The van der Waals surface area contributed by atoms with Crippen molar-refractivity contribution < 1.29 is 8.85 Å². The molecule has 0 saturated carbocycles. The fraction of sp³-hybridized carbons (Fsp3) is 0.750. The lowest BCUT2D eigenvalue weighted by molar-refractivity contribution is 0.263. The molecule has 0 heterocycles. The molecule has 0 fully saturated rings. The Morgan fingerprint density at radius 1 is 1.29 bits per heavy atom. The second-order valence-electron chi connectivity index (χ2n) is 1.42.